The van der Waals surface area contributed by atoms with Gasteiger partial charge in [0.25, 0.3) is 0 Å². The highest BCUT2D eigenvalue weighted by molar-refractivity contribution is 4.80. The quantitative estimate of drug-likeness (QED) is 0.664. The zero-order chi connectivity index (χ0) is 12.5. The second kappa shape index (κ2) is 8.90. The highest BCUT2D eigenvalue weighted by atomic mass is 16.5. The number of hydrogen-bond acceptors (Lipinski definition) is 3. The molecule has 0 saturated carbocycles. The van der Waals surface area contributed by atoms with Gasteiger partial charge in [-0.2, -0.15) is 0 Å². The van der Waals surface area contributed by atoms with E-state index in [2.05, 4.69) is 18.7 Å². The molecule has 2 unspecified atom stereocenters. The van der Waals surface area contributed by atoms with Gasteiger partial charge in [0.15, 0.2) is 0 Å². The second-order valence-electron chi connectivity index (χ2n) is 5.25. The standard InChI is InChI=1S/C14H30N2O/c1-3-4-5-6-7-8-14(11-15)16-9-10-17-12-13(16)2/h13-14H,3-12,15H2,1-2H3. The molecule has 0 radical (unpaired) electrons. The first kappa shape index (κ1) is 14.9. The Bertz CT molecular complexity index is 187. The third kappa shape index (κ3) is 5.36. The van der Waals surface area contributed by atoms with Gasteiger partial charge in [-0.15, -0.1) is 0 Å². The number of morpholine rings is 1. The van der Waals surface area contributed by atoms with Crippen molar-refractivity contribution < 1.29 is 4.74 Å². The van der Waals surface area contributed by atoms with Crippen molar-refractivity contribution in [1.29, 1.82) is 0 Å². The molecular formula is C14H30N2O. The summed E-state index contributed by atoms with van der Waals surface area (Å²) >= 11 is 0. The average molecular weight is 242 g/mol. The first-order valence-corrected chi connectivity index (χ1v) is 7.33. The van der Waals surface area contributed by atoms with Crippen LogP contribution in [0, 0.1) is 0 Å². The van der Waals surface area contributed by atoms with Gasteiger partial charge >= 0.3 is 0 Å². The number of nitrogens with zero attached hydrogens (tertiary/aromatic N) is 1. The summed E-state index contributed by atoms with van der Waals surface area (Å²) in [5, 5.41) is 0. The molecule has 1 saturated heterocycles. The number of nitrogens with two attached hydrogens (primary N) is 1. The predicted molar refractivity (Wildman–Crippen MR) is 73.2 cm³/mol. The van der Waals surface area contributed by atoms with E-state index >= 15 is 0 Å². The Labute approximate surface area is 107 Å². The zero-order valence-corrected chi connectivity index (χ0v) is 11.7. The van der Waals surface area contributed by atoms with Gasteiger partial charge < -0.3 is 10.5 Å². The van der Waals surface area contributed by atoms with E-state index in [-0.39, 0.29) is 0 Å². The van der Waals surface area contributed by atoms with Gasteiger partial charge in [0.2, 0.25) is 0 Å². The van der Waals surface area contributed by atoms with E-state index in [4.69, 9.17) is 10.5 Å². The minimum absolute atomic E-state index is 0.535. The highest BCUT2D eigenvalue weighted by Crippen LogP contribution is 2.16. The second-order valence-corrected chi connectivity index (χ2v) is 5.25. The molecule has 0 aromatic carbocycles. The lowest BCUT2D eigenvalue weighted by atomic mass is 10.0. The number of unbranched alkanes of at least 4 members (excludes halogenated alkanes) is 4. The van der Waals surface area contributed by atoms with Crippen molar-refractivity contribution in [2.24, 2.45) is 5.73 Å². The third-order valence-electron chi connectivity index (χ3n) is 3.80. The maximum absolute atomic E-state index is 5.92. The highest BCUT2D eigenvalue weighted by Gasteiger charge is 2.24. The molecule has 3 heteroatoms. The van der Waals surface area contributed by atoms with Crippen molar-refractivity contribution in [1.82, 2.24) is 4.90 Å². The van der Waals surface area contributed by atoms with Crippen LogP contribution >= 0.6 is 0 Å². The van der Waals surface area contributed by atoms with Crippen LogP contribution in [0.25, 0.3) is 0 Å². The molecule has 0 aromatic heterocycles. The first-order chi connectivity index (χ1) is 8.29. The maximum Gasteiger partial charge on any atom is 0.0619 e. The van der Waals surface area contributed by atoms with Crippen LogP contribution in [0.3, 0.4) is 0 Å². The summed E-state index contributed by atoms with van der Waals surface area (Å²) in [6, 6.07) is 1.10. The predicted octanol–water partition coefficient (Wildman–Crippen LogP) is 2.39. The van der Waals surface area contributed by atoms with Crippen LogP contribution in [0.4, 0.5) is 0 Å². The van der Waals surface area contributed by atoms with Crippen LogP contribution in [0.15, 0.2) is 0 Å². The van der Waals surface area contributed by atoms with Crippen LogP contribution in [0.1, 0.15) is 52.4 Å². The molecule has 0 bridgehead atoms. The van der Waals surface area contributed by atoms with Crippen LogP contribution in [0.2, 0.25) is 0 Å². The van der Waals surface area contributed by atoms with E-state index in [1.54, 1.807) is 0 Å². The number of ether oxygens (including phenoxy) is 1. The Kier molecular flexibility index (Phi) is 7.82. The van der Waals surface area contributed by atoms with Gasteiger partial charge in [-0.05, 0) is 13.3 Å². The molecule has 2 N–H and O–H groups in total. The van der Waals surface area contributed by atoms with Crippen molar-refractivity contribution in [3.05, 3.63) is 0 Å². The van der Waals surface area contributed by atoms with Gasteiger partial charge in [-0.3, -0.25) is 4.90 Å². The van der Waals surface area contributed by atoms with E-state index < -0.39 is 0 Å². The Morgan fingerprint density at radius 2 is 2.06 bits per heavy atom. The van der Waals surface area contributed by atoms with Gasteiger partial charge in [0.1, 0.15) is 0 Å². The summed E-state index contributed by atoms with van der Waals surface area (Å²) in [5.74, 6) is 0. The van der Waals surface area contributed by atoms with Crippen molar-refractivity contribution >= 4 is 0 Å². The fourth-order valence-electron chi connectivity index (χ4n) is 2.69. The van der Waals surface area contributed by atoms with Gasteiger partial charge in [0.05, 0.1) is 13.2 Å². The third-order valence-corrected chi connectivity index (χ3v) is 3.80. The lowest BCUT2D eigenvalue weighted by molar-refractivity contribution is -0.0222. The van der Waals surface area contributed by atoms with Crippen molar-refractivity contribution in [3.8, 4) is 0 Å². The van der Waals surface area contributed by atoms with E-state index in [0.29, 0.717) is 12.1 Å². The molecule has 102 valence electrons. The molecule has 0 aliphatic carbocycles. The van der Waals surface area contributed by atoms with E-state index in [0.717, 1.165) is 26.3 Å². The molecule has 17 heavy (non-hydrogen) atoms. The SMILES string of the molecule is CCCCCCCC(CN)N1CCOCC1C. The Morgan fingerprint density at radius 1 is 1.29 bits per heavy atom. The lowest BCUT2D eigenvalue weighted by Crippen LogP contribution is -2.51. The Hall–Kier alpha value is -0.120. The number of rotatable bonds is 8. The monoisotopic (exact) mass is 242 g/mol. The van der Waals surface area contributed by atoms with Crippen LogP contribution in [-0.4, -0.2) is 43.3 Å². The average Bonchev–Trinajstić information content (AvgIpc) is 2.35. The topological polar surface area (TPSA) is 38.5 Å². The van der Waals surface area contributed by atoms with Gasteiger partial charge in [0, 0.05) is 25.2 Å². The molecule has 1 rings (SSSR count). The molecule has 0 aromatic rings. The molecule has 1 aliphatic heterocycles. The molecule has 1 heterocycles. The summed E-state index contributed by atoms with van der Waals surface area (Å²) in [5.41, 5.74) is 5.92. The Morgan fingerprint density at radius 3 is 2.71 bits per heavy atom. The summed E-state index contributed by atoms with van der Waals surface area (Å²) in [6.07, 6.45) is 8.02. The fourth-order valence-corrected chi connectivity index (χ4v) is 2.69. The smallest absolute Gasteiger partial charge is 0.0619 e. The summed E-state index contributed by atoms with van der Waals surface area (Å²) < 4.78 is 5.48. The summed E-state index contributed by atoms with van der Waals surface area (Å²) in [6.45, 7) is 8.09. The molecule has 3 nitrogen and oxygen atoms in total. The molecule has 1 fully saturated rings. The summed E-state index contributed by atoms with van der Waals surface area (Å²) in [4.78, 5) is 2.54. The maximum atomic E-state index is 5.92. The van der Waals surface area contributed by atoms with E-state index in [9.17, 15) is 0 Å². The molecule has 0 spiro atoms. The molecule has 2 atom stereocenters. The zero-order valence-electron chi connectivity index (χ0n) is 11.7. The van der Waals surface area contributed by atoms with Crippen LogP contribution in [-0.2, 0) is 4.74 Å². The minimum atomic E-state index is 0.535. The normalized spacial score (nSPS) is 23.8. The molecule has 0 amide bonds. The first-order valence-electron chi connectivity index (χ1n) is 7.33. The Balaban J connectivity index is 2.21. The number of hydrogen-bond donors (Lipinski definition) is 1. The van der Waals surface area contributed by atoms with E-state index in [1.807, 2.05) is 0 Å². The van der Waals surface area contributed by atoms with E-state index in [1.165, 1.54) is 38.5 Å². The fraction of sp³-hybridized carbons (Fsp3) is 1.00. The van der Waals surface area contributed by atoms with Crippen LogP contribution < -0.4 is 5.73 Å². The molecule has 1 aliphatic rings. The van der Waals surface area contributed by atoms with Gasteiger partial charge in [-0.25, -0.2) is 0 Å². The van der Waals surface area contributed by atoms with Crippen molar-refractivity contribution in [3.63, 3.8) is 0 Å². The van der Waals surface area contributed by atoms with Crippen molar-refractivity contribution in [2.45, 2.75) is 64.5 Å². The van der Waals surface area contributed by atoms with Crippen LogP contribution in [0.5, 0.6) is 0 Å². The van der Waals surface area contributed by atoms with Gasteiger partial charge in [-0.1, -0.05) is 39.0 Å². The van der Waals surface area contributed by atoms with Crippen molar-refractivity contribution in [2.75, 3.05) is 26.3 Å². The lowest BCUT2D eigenvalue weighted by Gasteiger charge is -2.39. The summed E-state index contributed by atoms with van der Waals surface area (Å²) in [7, 11) is 0. The minimum Gasteiger partial charge on any atom is -0.379 e. The molecular weight excluding hydrogens is 212 g/mol. The largest absolute Gasteiger partial charge is 0.379 e.